The quantitative estimate of drug-likeness (QED) is 0.161. The number of nitrogens with one attached hydrogen (secondary N) is 3. The molecular formula is C22H29N3O7S. The van der Waals surface area contributed by atoms with Gasteiger partial charge in [-0.15, -0.1) is 0 Å². The van der Waals surface area contributed by atoms with Gasteiger partial charge in [-0.2, -0.15) is 11.8 Å². The molecule has 2 fully saturated rings. The van der Waals surface area contributed by atoms with Crippen LogP contribution in [0, 0.1) is 0 Å². The largest absolute Gasteiger partial charge is 0.508 e. The molecule has 1 aromatic rings. The summed E-state index contributed by atoms with van der Waals surface area (Å²) in [6.07, 6.45) is 2.71. The minimum absolute atomic E-state index is 0.0477. The van der Waals surface area contributed by atoms with Crippen molar-refractivity contribution in [2.24, 2.45) is 0 Å². The molecule has 0 radical (unpaired) electrons. The first-order chi connectivity index (χ1) is 15.8. The fraction of sp³-hybridized carbons (Fsp3) is 0.545. The lowest BCUT2D eigenvalue weighted by Gasteiger charge is -2.18. The summed E-state index contributed by atoms with van der Waals surface area (Å²) in [6, 6.07) is 5.58. The van der Waals surface area contributed by atoms with E-state index in [2.05, 4.69) is 20.7 Å². The van der Waals surface area contributed by atoms with Crippen molar-refractivity contribution >= 4 is 35.6 Å². The molecule has 3 amide bonds. The SMILES string of the molecule is CC(=O)OCOC(=O)C(Cc1cccc(O)c1)NC(=O)CCCC[C@@H]1SC[C@@H]2NC(=O)N[C@@H]21. The smallest absolute Gasteiger partial charge is 0.331 e. The second kappa shape index (κ2) is 11.8. The zero-order chi connectivity index (χ0) is 23.8. The van der Waals surface area contributed by atoms with Gasteiger partial charge in [0, 0.05) is 30.8 Å². The summed E-state index contributed by atoms with van der Waals surface area (Å²) in [6.45, 7) is 0.661. The summed E-state index contributed by atoms with van der Waals surface area (Å²) in [7, 11) is 0. The van der Waals surface area contributed by atoms with E-state index in [-0.39, 0.29) is 42.6 Å². The van der Waals surface area contributed by atoms with Gasteiger partial charge in [0.1, 0.15) is 11.8 Å². The molecule has 0 spiro atoms. The Kier molecular flexibility index (Phi) is 8.81. The number of urea groups is 1. The standard InChI is InChI=1S/C22H29N3O7S/c1-13(26)31-12-32-21(29)16(10-14-5-4-6-15(27)9-14)23-19(28)8-3-2-7-18-20-17(11-33-18)24-22(30)25-20/h4-6,9,16-18,20,27H,2-3,7-8,10-12H2,1H3,(H,23,28)(H2,24,25,30)/t16?,17-,18-,20-/m0/s1. The molecule has 0 aliphatic carbocycles. The number of carbonyl (C=O) groups is 4. The molecule has 2 heterocycles. The lowest BCUT2D eigenvalue weighted by atomic mass is 10.0. The fourth-order valence-corrected chi connectivity index (χ4v) is 5.47. The molecule has 4 atom stereocenters. The van der Waals surface area contributed by atoms with Gasteiger partial charge < -0.3 is 30.5 Å². The first-order valence-electron chi connectivity index (χ1n) is 10.9. The predicted octanol–water partition coefficient (Wildman–Crippen LogP) is 1.21. The molecule has 2 saturated heterocycles. The summed E-state index contributed by atoms with van der Waals surface area (Å²) in [5, 5.41) is 18.5. The lowest BCUT2D eigenvalue weighted by Crippen LogP contribution is -2.43. The van der Waals surface area contributed by atoms with Gasteiger partial charge in [-0.05, 0) is 30.5 Å². The Balaban J connectivity index is 1.46. The highest BCUT2D eigenvalue weighted by Gasteiger charge is 2.42. The number of hydrogen-bond acceptors (Lipinski definition) is 8. The lowest BCUT2D eigenvalue weighted by molar-refractivity contribution is -0.167. The van der Waals surface area contributed by atoms with Crippen LogP contribution in [-0.2, 0) is 30.3 Å². The number of phenolic OH excluding ortho intramolecular Hbond substituents is 1. The maximum absolute atomic E-state index is 12.5. The van der Waals surface area contributed by atoms with Crippen molar-refractivity contribution in [1.82, 2.24) is 16.0 Å². The molecule has 1 unspecified atom stereocenters. The van der Waals surface area contributed by atoms with Crippen LogP contribution >= 0.6 is 11.8 Å². The van der Waals surface area contributed by atoms with E-state index in [1.807, 2.05) is 11.8 Å². The maximum Gasteiger partial charge on any atom is 0.331 e. The molecule has 0 aromatic heterocycles. The third-order valence-electron chi connectivity index (χ3n) is 5.51. The van der Waals surface area contributed by atoms with E-state index >= 15 is 0 Å². The number of esters is 2. The van der Waals surface area contributed by atoms with Crippen molar-refractivity contribution in [2.75, 3.05) is 12.5 Å². The average Bonchev–Trinajstić information content (AvgIpc) is 3.29. The van der Waals surface area contributed by atoms with E-state index in [0.29, 0.717) is 17.2 Å². The number of ether oxygens (including phenoxy) is 2. The van der Waals surface area contributed by atoms with Gasteiger partial charge in [0.2, 0.25) is 12.7 Å². The molecule has 4 N–H and O–H groups in total. The van der Waals surface area contributed by atoms with E-state index in [9.17, 15) is 24.3 Å². The van der Waals surface area contributed by atoms with Crippen LogP contribution in [0.1, 0.15) is 38.2 Å². The minimum Gasteiger partial charge on any atom is -0.508 e. The average molecular weight is 480 g/mol. The van der Waals surface area contributed by atoms with E-state index in [1.165, 1.54) is 19.1 Å². The van der Waals surface area contributed by atoms with Crippen LogP contribution in [-0.4, -0.2) is 64.9 Å². The third kappa shape index (κ3) is 7.55. The Morgan fingerprint density at radius 1 is 1.24 bits per heavy atom. The number of hydrogen-bond donors (Lipinski definition) is 4. The number of amides is 3. The molecule has 1 aromatic carbocycles. The second-order valence-electron chi connectivity index (χ2n) is 8.08. The van der Waals surface area contributed by atoms with Gasteiger partial charge in [0.25, 0.3) is 0 Å². The Morgan fingerprint density at radius 2 is 2.06 bits per heavy atom. The Bertz CT molecular complexity index is 881. The molecule has 33 heavy (non-hydrogen) atoms. The predicted molar refractivity (Wildman–Crippen MR) is 120 cm³/mol. The van der Waals surface area contributed by atoms with Crippen LogP contribution in [0.4, 0.5) is 4.79 Å². The zero-order valence-corrected chi connectivity index (χ0v) is 19.2. The number of rotatable bonds is 11. The summed E-state index contributed by atoms with van der Waals surface area (Å²) in [4.78, 5) is 47.3. The Hall–Kier alpha value is -2.95. The molecule has 0 bridgehead atoms. The van der Waals surface area contributed by atoms with Crippen LogP contribution < -0.4 is 16.0 Å². The zero-order valence-electron chi connectivity index (χ0n) is 18.4. The monoisotopic (exact) mass is 479 g/mol. The normalized spacial score (nSPS) is 22.0. The number of carbonyl (C=O) groups excluding carboxylic acids is 4. The first-order valence-corrected chi connectivity index (χ1v) is 11.9. The Labute approximate surface area is 196 Å². The van der Waals surface area contributed by atoms with E-state index in [4.69, 9.17) is 4.74 Å². The van der Waals surface area contributed by atoms with Gasteiger partial charge >= 0.3 is 18.0 Å². The van der Waals surface area contributed by atoms with Gasteiger partial charge in [0.15, 0.2) is 0 Å². The number of fused-ring (bicyclic) bond motifs is 1. The minimum atomic E-state index is -0.985. The summed E-state index contributed by atoms with van der Waals surface area (Å²) in [5.74, 6) is -0.674. The van der Waals surface area contributed by atoms with Crippen molar-refractivity contribution in [3.63, 3.8) is 0 Å². The van der Waals surface area contributed by atoms with Crippen LogP contribution in [0.2, 0.25) is 0 Å². The molecule has 2 aliphatic heterocycles. The Morgan fingerprint density at radius 3 is 2.82 bits per heavy atom. The summed E-state index contributed by atoms with van der Waals surface area (Å²) >= 11 is 1.83. The molecule has 180 valence electrons. The fourth-order valence-electron chi connectivity index (χ4n) is 3.92. The van der Waals surface area contributed by atoms with Crippen molar-refractivity contribution < 1.29 is 33.8 Å². The van der Waals surface area contributed by atoms with Crippen LogP contribution in [0.15, 0.2) is 24.3 Å². The van der Waals surface area contributed by atoms with Crippen molar-refractivity contribution in [3.05, 3.63) is 29.8 Å². The molecule has 2 aliphatic rings. The third-order valence-corrected chi connectivity index (χ3v) is 7.02. The summed E-state index contributed by atoms with van der Waals surface area (Å²) in [5.41, 5.74) is 0.643. The van der Waals surface area contributed by atoms with Gasteiger partial charge in [-0.25, -0.2) is 9.59 Å². The maximum atomic E-state index is 12.5. The van der Waals surface area contributed by atoms with E-state index in [1.54, 1.807) is 12.1 Å². The summed E-state index contributed by atoms with van der Waals surface area (Å²) < 4.78 is 9.59. The van der Waals surface area contributed by atoms with Crippen molar-refractivity contribution in [3.8, 4) is 5.75 Å². The first kappa shape index (κ1) is 24.7. The number of benzene rings is 1. The molecule has 0 saturated carbocycles. The highest BCUT2D eigenvalue weighted by atomic mass is 32.2. The van der Waals surface area contributed by atoms with Crippen molar-refractivity contribution in [1.29, 1.82) is 0 Å². The number of unbranched alkanes of at least 4 members (excludes halogenated alkanes) is 1. The topological polar surface area (TPSA) is 143 Å². The van der Waals surface area contributed by atoms with Crippen LogP contribution in [0.25, 0.3) is 0 Å². The number of phenols is 1. The highest BCUT2D eigenvalue weighted by Crippen LogP contribution is 2.33. The second-order valence-corrected chi connectivity index (χ2v) is 9.35. The molecular weight excluding hydrogens is 450 g/mol. The molecule has 11 heteroatoms. The van der Waals surface area contributed by atoms with E-state index in [0.717, 1.165) is 18.6 Å². The van der Waals surface area contributed by atoms with Crippen LogP contribution in [0.5, 0.6) is 5.75 Å². The molecule has 3 rings (SSSR count). The van der Waals surface area contributed by atoms with Crippen LogP contribution in [0.3, 0.4) is 0 Å². The van der Waals surface area contributed by atoms with Crippen molar-refractivity contribution in [2.45, 2.75) is 62.4 Å². The van der Waals surface area contributed by atoms with Gasteiger partial charge in [-0.1, -0.05) is 18.6 Å². The number of thioether (sulfide) groups is 1. The van der Waals surface area contributed by atoms with Gasteiger partial charge in [0.05, 0.1) is 12.1 Å². The van der Waals surface area contributed by atoms with Gasteiger partial charge in [-0.3, -0.25) is 9.59 Å². The van der Waals surface area contributed by atoms with E-state index < -0.39 is 24.8 Å². The number of aromatic hydroxyl groups is 1. The molecule has 10 nitrogen and oxygen atoms in total. The highest BCUT2D eigenvalue weighted by molar-refractivity contribution is 8.00.